The van der Waals surface area contributed by atoms with Gasteiger partial charge >= 0.3 is 5.97 Å². The fourth-order valence-corrected chi connectivity index (χ4v) is 3.04. The minimum absolute atomic E-state index is 0.175. The topological polar surface area (TPSA) is 54.4 Å². The third-order valence-electron chi connectivity index (χ3n) is 4.03. The summed E-state index contributed by atoms with van der Waals surface area (Å²) >= 11 is 0. The second kappa shape index (κ2) is 5.52. The molecule has 0 saturated heterocycles. The highest BCUT2D eigenvalue weighted by Crippen LogP contribution is 2.43. The highest BCUT2D eigenvalue weighted by atomic mass is 16.4. The van der Waals surface area contributed by atoms with Crippen LogP contribution >= 0.6 is 0 Å². The Morgan fingerprint density at radius 1 is 1.10 bits per heavy atom. The Kier molecular flexibility index (Phi) is 3.57. The van der Waals surface area contributed by atoms with Crippen LogP contribution in [-0.2, 0) is 16.0 Å². The first-order valence-corrected chi connectivity index (χ1v) is 7.10. The number of carboxylic acids is 1. The van der Waals surface area contributed by atoms with Crippen LogP contribution in [0.25, 0.3) is 11.1 Å². The second-order valence-electron chi connectivity index (χ2n) is 5.37. The molecule has 0 spiro atoms. The molecule has 2 aromatic carbocycles. The van der Waals surface area contributed by atoms with Crippen molar-refractivity contribution in [2.75, 3.05) is 0 Å². The summed E-state index contributed by atoms with van der Waals surface area (Å²) in [5, 5.41) is 8.70. The third-order valence-corrected chi connectivity index (χ3v) is 4.03. The van der Waals surface area contributed by atoms with Gasteiger partial charge in [-0.3, -0.25) is 4.79 Å². The summed E-state index contributed by atoms with van der Waals surface area (Å²) in [5.74, 6) is -0.968. The van der Waals surface area contributed by atoms with Crippen LogP contribution < -0.4 is 0 Å². The lowest BCUT2D eigenvalue weighted by Crippen LogP contribution is -1.99. The molecule has 2 aromatic rings. The van der Waals surface area contributed by atoms with Gasteiger partial charge in [-0.05, 0) is 40.7 Å². The zero-order chi connectivity index (χ0) is 14.8. The first kappa shape index (κ1) is 13.6. The standard InChI is InChI=1S/C18H16O3/c19-11-17-14-6-2-1-5-13(14)15-9-8-12(10-16(15)17)4-3-7-18(20)21/h1-2,5-6,8-11,17H,3-4,7H2,(H,20,21). The molecule has 0 aliphatic heterocycles. The molecule has 1 aliphatic carbocycles. The quantitative estimate of drug-likeness (QED) is 0.854. The summed E-state index contributed by atoms with van der Waals surface area (Å²) in [7, 11) is 0. The number of aliphatic carboxylic acids is 1. The molecule has 0 amide bonds. The van der Waals surface area contributed by atoms with Crippen LogP contribution in [0, 0.1) is 0 Å². The van der Waals surface area contributed by atoms with Crippen LogP contribution in [0.2, 0.25) is 0 Å². The van der Waals surface area contributed by atoms with Gasteiger partial charge in [0.1, 0.15) is 6.29 Å². The van der Waals surface area contributed by atoms with E-state index in [1.807, 2.05) is 36.4 Å². The molecule has 0 saturated carbocycles. The SMILES string of the molecule is O=CC1c2ccccc2-c2ccc(CCCC(=O)O)cc21. The summed E-state index contributed by atoms with van der Waals surface area (Å²) in [6.07, 6.45) is 2.51. The largest absolute Gasteiger partial charge is 0.481 e. The Morgan fingerprint density at radius 3 is 2.62 bits per heavy atom. The number of aldehydes is 1. The predicted octanol–water partition coefficient (Wildman–Crippen LogP) is 3.41. The number of benzene rings is 2. The maximum atomic E-state index is 11.5. The number of carbonyl (C=O) groups excluding carboxylic acids is 1. The first-order valence-electron chi connectivity index (χ1n) is 7.10. The van der Waals surface area contributed by atoms with E-state index in [2.05, 4.69) is 6.07 Å². The van der Waals surface area contributed by atoms with E-state index >= 15 is 0 Å². The number of rotatable bonds is 5. The lowest BCUT2D eigenvalue weighted by atomic mass is 9.96. The highest BCUT2D eigenvalue weighted by Gasteiger charge is 2.27. The molecule has 0 radical (unpaired) electrons. The van der Waals surface area contributed by atoms with E-state index in [0.717, 1.165) is 40.5 Å². The zero-order valence-electron chi connectivity index (χ0n) is 11.6. The summed E-state index contributed by atoms with van der Waals surface area (Å²) in [6, 6.07) is 14.1. The van der Waals surface area contributed by atoms with E-state index in [0.29, 0.717) is 6.42 Å². The van der Waals surface area contributed by atoms with Gasteiger partial charge in [0.2, 0.25) is 0 Å². The van der Waals surface area contributed by atoms with Crippen molar-refractivity contribution in [1.82, 2.24) is 0 Å². The number of carboxylic acid groups (broad SMARTS) is 1. The van der Waals surface area contributed by atoms with Crippen molar-refractivity contribution in [3.05, 3.63) is 59.2 Å². The summed E-state index contributed by atoms with van der Waals surface area (Å²) in [6.45, 7) is 0. The first-order chi connectivity index (χ1) is 10.2. The Balaban J connectivity index is 1.91. The second-order valence-corrected chi connectivity index (χ2v) is 5.37. The molecule has 0 heterocycles. The van der Waals surface area contributed by atoms with E-state index in [4.69, 9.17) is 5.11 Å². The molecule has 0 aromatic heterocycles. The average Bonchev–Trinajstić information content (AvgIpc) is 2.80. The molecule has 0 bridgehead atoms. The summed E-state index contributed by atoms with van der Waals surface area (Å²) in [4.78, 5) is 22.0. The molecule has 3 rings (SSSR count). The molecular weight excluding hydrogens is 264 g/mol. The van der Waals surface area contributed by atoms with Gasteiger partial charge in [-0.15, -0.1) is 0 Å². The molecule has 1 N–H and O–H groups in total. The van der Waals surface area contributed by atoms with Gasteiger partial charge in [-0.25, -0.2) is 0 Å². The van der Waals surface area contributed by atoms with Crippen molar-refractivity contribution in [3.63, 3.8) is 0 Å². The lowest BCUT2D eigenvalue weighted by molar-refractivity contribution is -0.137. The minimum atomic E-state index is -0.769. The predicted molar refractivity (Wildman–Crippen MR) is 80.4 cm³/mol. The molecule has 1 unspecified atom stereocenters. The Morgan fingerprint density at radius 2 is 1.86 bits per heavy atom. The molecule has 1 aliphatic rings. The van der Waals surface area contributed by atoms with Crippen molar-refractivity contribution >= 4 is 12.3 Å². The molecule has 3 nitrogen and oxygen atoms in total. The van der Waals surface area contributed by atoms with Gasteiger partial charge in [0.15, 0.2) is 0 Å². The van der Waals surface area contributed by atoms with E-state index in [1.54, 1.807) is 0 Å². The van der Waals surface area contributed by atoms with Crippen molar-refractivity contribution in [2.24, 2.45) is 0 Å². The number of carbonyl (C=O) groups is 2. The van der Waals surface area contributed by atoms with E-state index in [1.165, 1.54) is 0 Å². The van der Waals surface area contributed by atoms with Crippen LogP contribution in [0.15, 0.2) is 42.5 Å². The number of fused-ring (bicyclic) bond motifs is 3. The van der Waals surface area contributed by atoms with Crippen molar-refractivity contribution in [2.45, 2.75) is 25.2 Å². The molecule has 1 atom stereocenters. The van der Waals surface area contributed by atoms with Crippen LogP contribution in [0.3, 0.4) is 0 Å². The average molecular weight is 280 g/mol. The minimum Gasteiger partial charge on any atom is -0.481 e. The molecule has 0 fully saturated rings. The van der Waals surface area contributed by atoms with Gasteiger partial charge in [-0.1, -0.05) is 42.5 Å². The van der Waals surface area contributed by atoms with E-state index < -0.39 is 5.97 Å². The normalized spacial score (nSPS) is 15.3. The van der Waals surface area contributed by atoms with Gasteiger partial charge < -0.3 is 9.90 Å². The monoisotopic (exact) mass is 280 g/mol. The fraction of sp³-hybridized carbons (Fsp3) is 0.222. The van der Waals surface area contributed by atoms with Crippen LogP contribution in [0.5, 0.6) is 0 Å². The van der Waals surface area contributed by atoms with Crippen molar-refractivity contribution in [3.8, 4) is 11.1 Å². The summed E-state index contributed by atoms with van der Waals surface area (Å²) < 4.78 is 0. The van der Waals surface area contributed by atoms with Crippen molar-refractivity contribution in [1.29, 1.82) is 0 Å². The number of aryl methyl sites for hydroxylation is 1. The van der Waals surface area contributed by atoms with Crippen molar-refractivity contribution < 1.29 is 14.7 Å². The maximum absolute atomic E-state index is 11.5. The fourth-order valence-electron chi connectivity index (χ4n) is 3.04. The van der Waals surface area contributed by atoms with Gasteiger partial charge in [0, 0.05) is 6.42 Å². The molecule has 106 valence electrons. The maximum Gasteiger partial charge on any atom is 0.303 e. The molecule has 21 heavy (non-hydrogen) atoms. The Bertz CT molecular complexity index is 703. The highest BCUT2D eigenvalue weighted by molar-refractivity contribution is 5.87. The number of hydrogen-bond donors (Lipinski definition) is 1. The van der Waals surface area contributed by atoms with Gasteiger partial charge in [0.05, 0.1) is 5.92 Å². The molecular formula is C18H16O3. The van der Waals surface area contributed by atoms with Crippen LogP contribution in [0.4, 0.5) is 0 Å². The van der Waals surface area contributed by atoms with Crippen LogP contribution in [0.1, 0.15) is 35.4 Å². The van der Waals surface area contributed by atoms with Gasteiger partial charge in [0.25, 0.3) is 0 Å². The Labute approximate surface area is 123 Å². The van der Waals surface area contributed by atoms with Gasteiger partial charge in [-0.2, -0.15) is 0 Å². The summed E-state index contributed by atoms with van der Waals surface area (Å²) in [5.41, 5.74) is 5.44. The third kappa shape index (κ3) is 2.47. The lowest BCUT2D eigenvalue weighted by Gasteiger charge is -2.07. The number of hydrogen-bond acceptors (Lipinski definition) is 2. The zero-order valence-corrected chi connectivity index (χ0v) is 11.6. The van der Waals surface area contributed by atoms with E-state index in [-0.39, 0.29) is 12.3 Å². The van der Waals surface area contributed by atoms with Crippen LogP contribution in [-0.4, -0.2) is 17.4 Å². The van der Waals surface area contributed by atoms with E-state index in [9.17, 15) is 9.59 Å². The smallest absolute Gasteiger partial charge is 0.303 e. The Hall–Kier alpha value is -2.42. The molecule has 3 heteroatoms.